The Labute approximate surface area is 102 Å². The van der Waals surface area contributed by atoms with Crippen LogP contribution in [0.25, 0.3) is 11.0 Å². The summed E-state index contributed by atoms with van der Waals surface area (Å²) in [5, 5.41) is 0.974. The van der Waals surface area contributed by atoms with Crippen LogP contribution in [0.5, 0.6) is 0 Å². The van der Waals surface area contributed by atoms with Crippen LogP contribution in [0.1, 0.15) is 29.8 Å². The van der Waals surface area contributed by atoms with Gasteiger partial charge in [0.2, 0.25) is 0 Å². The summed E-state index contributed by atoms with van der Waals surface area (Å²) >= 11 is 3.45. The molecule has 2 nitrogen and oxygen atoms in total. The van der Waals surface area contributed by atoms with E-state index in [-0.39, 0.29) is 5.78 Å². The van der Waals surface area contributed by atoms with E-state index in [1.54, 1.807) is 0 Å². The van der Waals surface area contributed by atoms with Crippen LogP contribution in [0.15, 0.2) is 33.2 Å². The third-order valence-electron chi connectivity index (χ3n) is 2.95. The van der Waals surface area contributed by atoms with Gasteiger partial charge in [0.1, 0.15) is 5.58 Å². The minimum Gasteiger partial charge on any atom is -0.453 e. The molecule has 0 saturated heterocycles. The number of fused-ring (bicyclic) bond motifs is 1. The van der Waals surface area contributed by atoms with Gasteiger partial charge in [-0.15, -0.1) is 0 Å². The molecule has 1 fully saturated rings. The van der Waals surface area contributed by atoms with Crippen LogP contribution in [0.3, 0.4) is 0 Å². The van der Waals surface area contributed by atoms with Gasteiger partial charge in [0, 0.05) is 16.3 Å². The number of carbonyl (C=O) groups excluding carboxylic acids is 1. The highest BCUT2D eigenvalue weighted by Crippen LogP contribution is 2.34. The van der Waals surface area contributed by atoms with Gasteiger partial charge in [-0.1, -0.05) is 22.0 Å². The highest BCUT2D eigenvalue weighted by atomic mass is 79.9. The van der Waals surface area contributed by atoms with Gasteiger partial charge in [-0.2, -0.15) is 0 Å². The van der Waals surface area contributed by atoms with Crippen LogP contribution in [-0.4, -0.2) is 5.78 Å². The lowest BCUT2D eigenvalue weighted by atomic mass is 10.1. The molecule has 0 spiro atoms. The van der Waals surface area contributed by atoms with E-state index in [1.807, 2.05) is 24.3 Å². The van der Waals surface area contributed by atoms with Gasteiger partial charge in [0.05, 0.1) is 0 Å². The fourth-order valence-electron chi connectivity index (χ4n) is 1.85. The molecule has 0 bridgehead atoms. The van der Waals surface area contributed by atoms with Crippen molar-refractivity contribution < 1.29 is 9.21 Å². The van der Waals surface area contributed by atoms with Crippen molar-refractivity contribution in [3.63, 3.8) is 0 Å². The second kappa shape index (κ2) is 3.74. The largest absolute Gasteiger partial charge is 0.453 e. The predicted octanol–water partition coefficient (Wildman–Crippen LogP) is 4.18. The van der Waals surface area contributed by atoms with E-state index in [2.05, 4.69) is 15.9 Å². The van der Waals surface area contributed by atoms with Crippen molar-refractivity contribution in [2.75, 3.05) is 0 Å². The highest BCUT2D eigenvalue weighted by molar-refractivity contribution is 9.10. The van der Waals surface area contributed by atoms with E-state index in [4.69, 9.17) is 4.42 Å². The molecule has 1 aromatic carbocycles. The first kappa shape index (κ1) is 10.1. The standard InChI is InChI=1S/C13H11BrO2/c14-10-2-1-3-12-9(10)7-13(16-12)11(15)6-8-4-5-8/h1-3,7-8H,4-6H2. The van der Waals surface area contributed by atoms with Crippen molar-refractivity contribution in [1.29, 1.82) is 0 Å². The summed E-state index contributed by atoms with van der Waals surface area (Å²) in [5.74, 6) is 1.23. The first-order valence-electron chi connectivity index (χ1n) is 5.45. The summed E-state index contributed by atoms with van der Waals surface area (Å²) in [4.78, 5) is 11.9. The van der Waals surface area contributed by atoms with E-state index in [0.29, 0.717) is 18.1 Å². The third kappa shape index (κ3) is 1.80. The van der Waals surface area contributed by atoms with Crippen molar-refractivity contribution in [3.05, 3.63) is 34.5 Å². The summed E-state index contributed by atoms with van der Waals surface area (Å²) < 4.78 is 6.53. The number of Topliss-reactive ketones (excluding diaryl/α,β-unsaturated/α-hetero) is 1. The summed E-state index contributed by atoms with van der Waals surface area (Å²) in [6.45, 7) is 0. The lowest BCUT2D eigenvalue weighted by Crippen LogP contribution is -1.97. The molecule has 1 aromatic heterocycles. The quantitative estimate of drug-likeness (QED) is 0.789. The number of furan rings is 1. The molecule has 0 N–H and O–H groups in total. The minimum atomic E-state index is 0.130. The molecular formula is C13H11BrO2. The minimum absolute atomic E-state index is 0.130. The number of carbonyl (C=O) groups is 1. The van der Waals surface area contributed by atoms with E-state index >= 15 is 0 Å². The highest BCUT2D eigenvalue weighted by Gasteiger charge is 2.26. The maximum absolute atomic E-state index is 11.9. The van der Waals surface area contributed by atoms with Crippen LogP contribution in [0.4, 0.5) is 0 Å². The zero-order valence-electron chi connectivity index (χ0n) is 8.70. The molecule has 0 atom stereocenters. The van der Waals surface area contributed by atoms with Gasteiger partial charge in [-0.25, -0.2) is 0 Å². The molecule has 1 aliphatic rings. The van der Waals surface area contributed by atoms with E-state index in [0.717, 1.165) is 15.4 Å². The molecular weight excluding hydrogens is 268 g/mol. The van der Waals surface area contributed by atoms with E-state index < -0.39 is 0 Å². The molecule has 0 unspecified atom stereocenters. The topological polar surface area (TPSA) is 30.2 Å². The Hall–Kier alpha value is -1.09. The molecule has 1 heterocycles. The number of halogens is 1. The van der Waals surface area contributed by atoms with Crippen molar-refractivity contribution in [3.8, 4) is 0 Å². The fraction of sp³-hybridized carbons (Fsp3) is 0.308. The predicted molar refractivity (Wildman–Crippen MR) is 65.6 cm³/mol. The summed E-state index contributed by atoms with van der Waals surface area (Å²) in [5.41, 5.74) is 0.772. The lowest BCUT2D eigenvalue weighted by molar-refractivity contribution is 0.0951. The molecule has 16 heavy (non-hydrogen) atoms. The Morgan fingerprint density at radius 3 is 2.94 bits per heavy atom. The molecule has 1 aliphatic carbocycles. The van der Waals surface area contributed by atoms with E-state index in [9.17, 15) is 4.79 Å². The van der Waals surface area contributed by atoms with Gasteiger partial charge in [-0.3, -0.25) is 4.79 Å². The van der Waals surface area contributed by atoms with Gasteiger partial charge < -0.3 is 4.42 Å². The van der Waals surface area contributed by atoms with Gasteiger partial charge >= 0.3 is 0 Å². The van der Waals surface area contributed by atoms with Crippen molar-refractivity contribution in [2.24, 2.45) is 5.92 Å². The molecule has 0 aliphatic heterocycles. The van der Waals surface area contributed by atoms with E-state index in [1.165, 1.54) is 12.8 Å². The van der Waals surface area contributed by atoms with Crippen LogP contribution in [0, 0.1) is 5.92 Å². The zero-order chi connectivity index (χ0) is 11.1. The average molecular weight is 279 g/mol. The molecule has 2 aromatic rings. The number of rotatable bonds is 3. The van der Waals surface area contributed by atoms with Crippen molar-refractivity contribution in [1.82, 2.24) is 0 Å². The maximum Gasteiger partial charge on any atom is 0.198 e. The smallest absolute Gasteiger partial charge is 0.198 e. The Balaban J connectivity index is 1.97. The van der Waals surface area contributed by atoms with Gasteiger partial charge in [0.15, 0.2) is 11.5 Å². The fourth-order valence-corrected chi connectivity index (χ4v) is 2.31. The number of ketones is 1. The van der Waals surface area contributed by atoms with Crippen LogP contribution in [-0.2, 0) is 0 Å². The summed E-state index contributed by atoms with van der Waals surface area (Å²) in [7, 11) is 0. The number of benzene rings is 1. The first-order chi connectivity index (χ1) is 7.74. The third-order valence-corrected chi connectivity index (χ3v) is 3.65. The molecule has 0 radical (unpaired) electrons. The Kier molecular flexibility index (Phi) is 2.36. The Morgan fingerprint density at radius 2 is 2.25 bits per heavy atom. The van der Waals surface area contributed by atoms with Crippen molar-refractivity contribution >= 4 is 32.7 Å². The summed E-state index contributed by atoms with van der Waals surface area (Å²) in [6, 6.07) is 7.58. The molecule has 3 rings (SSSR count). The van der Waals surface area contributed by atoms with Crippen LogP contribution >= 0.6 is 15.9 Å². The Bertz CT molecular complexity index is 552. The zero-order valence-corrected chi connectivity index (χ0v) is 10.3. The molecule has 82 valence electrons. The first-order valence-corrected chi connectivity index (χ1v) is 6.24. The van der Waals surface area contributed by atoms with Crippen molar-refractivity contribution in [2.45, 2.75) is 19.3 Å². The second-order valence-corrected chi connectivity index (χ2v) is 5.19. The second-order valence-electron chi connectivity index (χ2n) is 4.33. The van der Waals surface area contributed by atoms with Crippen LogP contribution in [0.2, 0.25) is 0 Å². The molecule has 1 saturated carbocycles. The molecule has 0 amide bonds. The van der Waals surface area contributed by atoms with Crippen LogP contribution < -0.4 is 0 Å². The monoisotopic (exact) mass is 278 g/mol. The van der Waals surface area contributed by atoms with Gasteiger partial charge in [-0.05, 0) is 37.0 Å². The van der Waals surface area contributed by atoms with Gasteiger partial charge in [0.25, 0.3) is 0 Å². The Morgan fingerprint density at radius 1 is 1.44 bits per heavy atom. The normalized spacial score (nSPS) is 15.6. The average Bonchev–Trinajstić information content (AvgIpc) is 2.95. The lowest BCUT2D eigenvalue weighted by Gasteiger charge is -1.92. The SMILES string of the molecule is O=C(CC1CC1)c1cc2c(Br)cccc2o1. The summed E-state index contributed by atoms with van der Waals surface area (Å²) in [6.07, 6.45) is 3.02. The number of hydrogen-bond acceptors (Lipinski definition) is 2. The number of hydrogen-bond donors (Lipinski definition) is 0. The maximum atomic E-state index is 11.9. The molecule has 3 heteroatoms.